The van der Waals surface area contributed by atoms with Gasteiger partial charge in [0.15, 0.2) is 6.29 Å². The number of imide groups is 1. The van der Waals surface area contributed by atoms with Crippen molar-refractivity contribution < 1.29 is 19.2 Å². The van der Waals surface area contributed by atoms with Crippen molar-refractivity contribution in [2.45, 2.75) is 31.7 Å². The molecule has 1 atom stereocenters. The van der Waals surface area contributed by atoms with Gasteiger partial charge in [-0.2, -0.15) is 0 Å². The van der Waals surface area contributed by atoms with Crippen molar-refractivity contribution in [1.29, 1.82) is 0 Å². The van der Waals surface area contributed by atoms with Crippen LogP contribution in [0.1, 0.15) is 52.0 Å². The molecule has 0 bridgehead atoms. The van der Waals surface area contributed by atoms with Crippen LogP contribution in [0, 0.1) is 17.8 Å². The van der Waals surface area contributed by atoms with Crippen LogP contribution in [0.25, 0.3) is 0 Å². The summed E-state index contributed by atoms with van der Waals surface area (Å²) in [5, 5.41) is 8.09. The second-order valence-electron chi connectivity index (χ2n) is 6.66. The largest absolute Gasteiger partial charge is 0.340 e. The second kappa shape index (κ2) is 8.60. The molecule has 7 heteroatoms. The molecule has 2 heterocycles. The Balaban J connectivity index is 1.83. The van der Waals surface area contributed by atoms with Crippen LogP contribution in [0.15, 0.2) is 18.2 Å². The van der Waals surface area contributed by atoms with E-state index < -0.39 is 17.9 Å². The summed E-state index contributed by atoms with van der Waals surface area (Å²) >= 11 is 0. The summed E-state index contributed by atoms with van der Waals surface area (Å²) in [6.45, 7) is 1.83. The molecule has 7 nitrogen and oxygen atoms in total. The molecular weight excluding hydrogens is 346 g/mol. The van der Waals surface area contributed by atoms with Crippen LogP contribution in [-0.4, -0.2) is 43.1 Å². The standard InChI is InChI=1S/C20H21N3O4/c24-12-15-3-1-2-14(5-4-13-8-10-21-11-9-13)18(15)20(27)22-16-6-7-17(25)23-19(16)26/h1-3,12-13,16,21H,6-11H2,(H,22,27)(H,23,25,26). The average molecular weight is 367 g/mol. The Morgan fingerprint density at radius 1 is 1.19 bits per heavy atom. The molecule has 2 saturated heterocycles. The maximum absolute atomic E-state index is 12.8. The number of hydrogen-bond acceptors (Lipinski definition) is 5. The highest BCUT2D eigenvalue weighted by molar-refractivity contribution is 6.07. The summed E-state index contributed by atoms with van der Waals surface area (Å²) in [5.74, 6) is 5.05. The van der Waals surface area contributed by atoms with Crippen molar-refractivity contribution in [3.05, 3.63) is 34.9 Å². The number of hydrogen-bond donors (Lipinski definition) is 3. The van der Waals surface area contributed by atoms with E-state index in [2.05, 4.69) is 27.8 Å². The first kappa shape index (κ1) is 18.8. The van der Waals surface area contributed by atoms with Gasteiger partial charge >= 0.3 is 0 Å². The van der Waals surface area contributed by atoms with Gasteiger partial charge in [0.1, 0.15) is 6.04 Å². The van der Waals surface area contributed by atoms with E-state index in [1.54, 1.807) is 18.2 Å². The van der Waals surface area contributed by atoms with Crippen LogP contribution in [0.3, 0.4) is 0 Å². The van der Waals surface area contributed by atoms with Crippen LogP contribution in [0.4, 0.5) is 0 Å². The first-order valence-corrected chi connectivity index (χ1v) is 9.03. The van der Waals surface area contributed by atoms with Gasteiger partial charge in [0.05, 0.1) is 5.56 Å². The van der Waals surface area contributed by atoms with Gasteiger partial charge in [-0.05, 0) is 38.4 Å². The number of carbonyl (C=O) groups is 4. The van der Waals surface area contributed by atoms with E-state index in [0.717, 1.165) is 25.9 Å². The van der Waals surface area contributed by atoms with Gasteiger partial charge in [0, 0.05) is 23.5 Å². The van der Waals surface area contributed by atoms with Crippen molar-refractivity contribution in [3.8, 4) is 11.8 Å². The first-order valence-electron chi connectivity index (χ1n) is 9.03. The molecule has 0 spiro atoms. The first-order chi connectivity index (χ1) is 13.1. The highest BCUT2D eigenvalue weighted by Crippen LogP contribution is 2.16. The molecular formula is C20H21N3O4. The zero-order valence-electron chi connectivity index (χ0n) is 14.8. The summed E-state index contributed by atoms with van der Waals surface area (Å²) in [4.78, 5) is 47.4. The minimum atomic E-state index is -0.805. The van der Waals surface area contributed by atoms with E-state index >= 15 is 0 Å². The monoisotopic (exact) mass is 367 g/mol. The number of aldehydes is 1. The lowest BCUT2D eigenvalue weighted by Crippen LogP contribution is -2.52. The molecule has 1 aromatic carbocycles. The summed E-state index contributed by atoms with van der Waals surface area (Å²) in [7, 11) is 0. The third kappa shape index (κ3) is 4.60. The van der Waals surface area contributed by atoms with Crippen LogP contribution in [-0.2, 0) is 9.59 Å². The van der Waals surface area contributed by atoms with Gasteiger partial charge < -0.3 is 10.6 Å². The Kier molecular flexibility index (Phi) is 5.99. The SMILES string of the molecule is O=Cc1cccc(C#CC2CCNCC2)c1C(=O)NC1CCC(=O)NC1=O. The number of rotatable bonds is 3. The molecule has 0 aromatic heterocycles. The number of amides is 3. The Morgan fingerprint density at radius 3 is 2.67 bits per heavy atom. The average Bonchev–Trinajstić information content (AvgIpc) is 2.68. The topological polar surface area (TPSA) is 104 Å². The van der Waals surface area contributed by atoms with Gasteiger partial charge in [0.25, 0.3) is 5.91 Å². The van der Waals surface area contributed by atoms with Gasteiger partial charge in [-0.3, -0.25) is 24.5 Å². The quantitative estimate of drug-likeness (QED) is 0.407. The molecule has 1 unspecified atom stereocenters. The second-order valence-corrected chi connectivity index (χ2v) is 6.66. The van der Waals surface area contributed by atoms with E-state index in [1.807, 2.05) is 0 Å². The molecule has 2 fully saturated rings. The summed E-state index contributed by atoms with van der Waals surface area (Å²) in [6, 6.07) is 4.11. The van der Waals surface area contributed by atoms with Crippen LogP contribution in [0.5, 0.6) is 0 Å². The van der Waals surface area contributed by atoms with Crippen molar-refractivity contribution in [3.63, 3.8) is 0 Å². The van der Waals surface area contributed by atoms with Crippen molar-refractivity contribution in [2.24, 2.45) is 5.92 Å². The number of benzene rings is 1. The Bertz CT molecular complexity index is 831. The minimum absolute atomic E-state index is 0.161. The van der Waals surface area contributed by atoms with Gasteiger partial charge in [-0.1, -0.05) is 24.0 Å². The van der Waals surface area contributed by atoms with Gasteiger partial charge in [-0.25, -0.2) is 0 Å². The van der Waals surface area contributed by atoms with E-state index in [4.69, 9.17) is 0 Å². The zero-order valence-corrected chi connectivity index (χ0v) is 14.8. The summed E-state index contributed by atoms with van der Waals surface area (Å²) in [5.41, 5.74) is 0.846. The molecule has 140 valence electrons. The lowest BCUT2D eigenvalue weighted by molar-refractivity contribution is -0.134. The maximum atomic E-state index is 12.8. The zero-order chi connectivity index (χ0) is 19.2. The lowest BCUT2D eigenvalue weighted by Gasteiger charge is -2.22. The molecule has 3 N–H and O–H groups in total. The van der Waals surface area contributed by atoms with Gasteiger partial charge in [-0.15, -0.1) is 0 Å². The minimum Gasteiger partial charge on any atom is -0.340 e. The van der Waals surface area contributed by atoms with E-state index in [1.165, 1.54) is 0 Å². The third-order valence-electron chi connectivity index (χ3n) is 4.75. The van der Waals surface area contributed by atoms with E-state index in [0.29, 0.717) is 11.8 Å². The van der Waals surface area contributed by atoms with Crippen LogP contribution < -0.4 is 16.0 Å². The molecule has 27 heavy (non-hydrogen) atoms. The third-order valence-corrected chi connectivity index (χ3v) is 4.75. The highest BCUT2D eigenvalue weighted by atomic mass is 16.2. The molecule has 0 saturated carbocycles. The fourth-order valence-electron chi connectivity index (χ4n) is 3.23. The van der Waals surface area contributed by atoms with E-state index in [9.17, 15) is 19.2 Å². The fraction of sp³-hybridized carbons (Fsp3) is 0.400. The maximum Gasteiger partial charge on any atom is 0.253 e. The Morgan fingerprint density at radius 2 is 1.96 bits per heavy atom. The van der Waals surface area contributed by atoms with Gasteiger partial charge in [0.2, 0.25) is 11.8 Å². The molecule has 0 aliphatic carbocycles. The highest BCUT2D eigenvalue weighted by Gasteiger charge is 2.29. The van der Waals surface area contributed by atoms with E-state index in [-0.39, 0.29) is 35.8 Å². The summed E-state index contributed by atoms with van der Waals surface area (Å²) < 4.78 is 0. The van der Waals surface area contributed by atoms with Crippen LogP contribution in [0.2, 0.25) is 0 Å². The fourth-order valence-corrected chi connectivity index (χ4v) is 3.23. The van der Waals surface area contributed by atoms with Crippen molar-refractivity contribution >= 4 is 24.0 Å². The molecule has 3 rings (SSSR count). The molecule has 3 amide bonds. The van der Waals surface area contributed by atoms with Crippen molar-refractivity contribution in [1.82, 2.24) is 16.0 Å². The molecule has 0 radical (unpaired) electrons. The number of nitrogens with one attached hydrogen (secondary N) is 3. The number of carbonyl (C=O) groups excluding carboxylic acids is 4. The molecule has 2 aliphatic heterocycles. The summed E-state index contributed by atoms with van der Waals surface area (Å²) in [6.07, 6.45) is 2.88. The smallest absolute Gasteiger partial charge is 0.253 e. The lowest BCUT2D eigenvalue weighted by atomic mass is 9.96. The van der Waals surface area contributed by atoms with Crippen LogP contribution >= 0.6 is 0 Å². The predicted molar refractivity (Wildman–Crippen MR) is 97.9 cm³/mol. The Labute approximate surface area is 157 Å². The Hall–Kier alpha value is -2.98. The molecule has 1 aromatic rings. The normalized spacial score (nSPS) is 20.2. The predicted octanol–water partition coefficient (Wildman–Crippen LogP) is 0.385. The number of piperidine rings is 2. The van der Waals surface area contributed by atoms with Crippen molar-refractivity contribution in [2.75, 3.05) is 13.1 Å². The molecule has 2 aliphatic rings.